The molecule has 0 saturated carbocycles. The summed E-state index contributed by atoms with van der Waals surface area (Å²) in [6.07, 6.45) is 1.49. The van der Waals surface area contributed by atoms with Crippen LogP contribution in [-0.4, -0.2) is 32.3 Å². The van der Waals surface area contributed by atoms with Gasteiger partial charge in [0.25, 0.3) is 0 Å². The number of carbonyl (C=O) groups excluding carboxylic acids is 1. The first kappa shape index (κ1) is 19.1. The van der Waals surface area contributed by atoms with Crippen LogP contribution in [0.5, 0.6) is 0 Å². The van der Waals surface area contributed by atoms with Gasteiger partial charge in [-0.15, -0.1) is 0 Å². The van der Waals surface area contributed by atoms with E-state index in [0.717, 1.165) is 12.1 Å². The van der Waals surface area contributed by atoms with E-state index in [1.54, 1.807) is 33.0 Å². The molecule has 2 rings (SSSR count). The molecule has 0 aliphatic heterocycles. The maximum Gasteiger partial charge on any atom is 0.244 e. The van der Waals surface area contributed by atoms with Crippen molar-refractivity contribution in [2.75, 3.05) is 7.05 Å². The molecule has 0 aliphatic carbocycles. The molecule has 2 aromatic rings. The minimum atomic E-state index is -4.17. The number of hydrogen-bond donors (Lipinski definition) is 1. The number of nitrogens with zero attached hydrogens (tertiary/aromatic N) is 1. The van der Waals surface area contributed by atoms with Crippen molar-refractivity contribution in [1.82, 2.24) is 9.62 Å². The second kappa shape index (κ2) is 7.79. The summed E-state index contributed by atoms with van der Waals surface area (Å²) in [4.78, 5) is 13.6. The van der Waals surface area contributed by atoms with Gasteiger partial charge in [-0.3, -0.25) is 4.79 Å². The highest BCUT2D eigenvalue weighted by Crippen LogP contribution is 2.17. The van der Waals surface area contributed by atoms with Crippen molar-refractivity contribution in [3.05, 3.63) is 54.2 Å². The Kier molecular flexibility index (Phi) is 5.97. The van der Waals surface area contributed by atoms with E-state index in [1.165, 1.54) is 23.3 Å². The lowest BCUT2D eigenvalue weighted by Crippen LogP contribution is -2.50. The lowest BCUT2D eigenvalue weighted by atomic mass is 10.0. The summed E-state index contributed by atoms with van der Waals surface area (Å²) in [6, 6.07) is 7.44. The molecule has 6 nitrogen and oxygen atoms in total. The molecule has 0 bridgehead atoms. The molecule has 0 spiro atoms. The SMILES string of the molecule is CC(C)[C@H](NS(=O)(=O)c1ccccc1F)C(=O)N(C)Cc1ccco1. The van der Waals surface area contributed by atoms with E-state index in [4.69, 9.17) is 4.42 Å². The van der Waals surface area contributed by atoms with Crippen LogP contribution in [0.4, 0.5) is 4.39 Å². The standard InChI is InChI=1S/C17H21FN2O4S/c1-12(2)16(17(21)20(3)11-13-7-6-10-24-13)19-25(22,23)15-9-5-4-8-14(15)18/h4-10,12,16,19H,11H2,1-3H3/t16-/m0/s1. The normalized spacial score (nSPS) is 13.0. The van der Waals surface area contributed by atoms with Gasteiger partial charge in [0.05, 0.1) is 12.8 Å². The molecule has 25 heavy (non-hydrogen) atoms. The van der Waals surface area contributed by atoms with Gasteiger partial charge in [-0.2, -0.15) is 4.72 Å². The van der Waals surface area contributed by atoms with Gasteiger partial charge in [-0.05, 0) is 30.2 Å². The van der Waals surface area contributed by atoms with Gasteiger partial charge >= 0.3 is 0 Å². The molecule has 8 heteroatoms. The van der Waals surface area contributed by atoms with Crippen LogP contribution in [0.2, 0.25) is 0 Å². The number of rotatable bonds is 7. The lowest BCUT2D eigenvalue weighted by molar-refractivity contribution is -0.133. The Bertz CT molecular complexity index is 819. The van der Waals surface area contributed by atoms with Gasteiger partial charge in [0.15, 0.2) is 0 Å². The Morgan fingerprint density at radius 3 is 2.48 bits per heavy atom. The number of benzene rings is 1. The number of likely N-dealkylation sites (N-methyl/N-ethyl adjacent to an activating group) is 1. The monoisotopic (exact) mass is 368 g/mol. The number of sulfonamides is 1. The Morgan fingerprint density at radius 1 is 1.24 bits per heavy atom. The van der Waals surface area contributed by atoms with Gasteiger partial charge in [0.2, 0.25) is 15.9 Å². The number of amides is 1. The van der Waals surface area contributed by atoms with E-state index >= 15 is 0 Å². The number of hydrogen-bond acceptors (Lipinski definition) is 4. The maximum atomic E-state index is 13.8. The third-order valence-corrected chi connectivity index (χ3v) is 5.16. The van der Waals surface area contributed by atoms with Crippen molar-refractivity contribution in [2.45, 2.75) is 31.3 Å². The van der Waals surface area contributed by atoms with Crippen LogP contribution in [0.15, 0.2) is 52.0 Å². The van der Waals surface area contributed by atoms with Crippen molar-refractivity contribution in [3.8, 4) is 0 Å². The van der Waals surface area contributed by atoms with Crippen LogP contribution in [-0.2, 0) is 21.4 Å². The molecule has 0 radical (unpaired) electrons. The second-order valence-electron chi connectivity index (χ2n) is 6.05. The molecule has 0 aliphatic rings. The van der Waals surface area contributed by atoms with E-state index < -0.39 is 32.7 Å². The highest BCUT2D eigenvalue weighted by molar-refractivity contribution is 7.89. The van der Waals surface area contributed by atoms with E-state index in [1.807, 2.05) is 0 Å². The zero-order valence-corrected chi connectivity index (χ0v) is 15.1. The Hall–Kier alpha value is -2.19. The van der Waals surface area contributed by atoms with E-state index in [-0.39, 0.29) is 12.5 Å². The van der Waals surface area contributed by atoms with Crippen LogP contribution < -0.4 is 4.72 Å². The van der Waals surface area contributed by atoms with Crippen LogP contribution in [0.25, 0.3) is 0 Å². The van der Waals surface area contributed by atoms with Gasteiger partial charge in [-0.25, -0.2) is 12.8 Å². The van der Waals surface area contributed by atoms with E-state index in [9.17, 15) is 17.6 Å². The van der Waals surface area contributed by atoms with Crippen LogP contribution in [0.3, 0.4) is 0 Å². The number of nitrogens with one attached hydrogen (secondary N) is 1. The zero-order valence-electron chi connectivity index (χ0n) is 14.3. The maximum absolute atomic E-state index is 13.8. The molecule has 1 heterocycles. The lowest BCUT2D eigenvalue weighted by Gasteiger charge is -2.26. The smallest absolute Gasteiger partial charge is 0.244 e. The molecular formula is C17H21FN2O4S. The molecule has 1 aromatic carbocycles. The largest absolute Gasteiger partial charge is 0.467 e. The third kappa shape index (κ3) is 4.67. The fourth-order valence-electron chi connectivity index (χ4n) is 2.32. The molecule has 0 saturated heterocycles. The summed E-state index contributed by atoms with van der Waals surface area (Å²) >= 11 is 0. The van der Waals surface area contributed by atoms with Crippen molar-refractivity contribution in [2.24, 2.45) is 5.92 Å². The first-order chi connectivity index (χ1) is 11.7. The highest BCUT2D eigenvalue weighted by atomic mass is 32.2. The predicted octanol–water partition coefficient (Wildman–Crippen LogP) is 2.38. The van der Waals surface area contributed by atoms with Gasteiger partial charge < -0.3 is 9.32 Å². The first-order valence-corrected chi connectivity index (χ1v) is 9.25. The average Bonchev–Trinajstić information content (AvgIpc) is 3.05. The summed E-state index contributed by atoms with van der Waals surface area (Å²) in [6.45, 7) is 3.64. The Labute approximate surface area is 146 Å². The van der Waals surface area contributed by atoms with Gasteiger partial charge in [0, 0.05) is 7.05 Å². The van der Waals surface area contributed by atoms with Gasteiger partial charge in [-0.1, -0.05) is 26.0 Å². The zero-order chi connectivity index (χ0) is 18.6. The van der Waals surface area contributed by atoms with Crippen molar-refractivity contribution >= 4 is 15.9 Å². The fraction of sp³-hybridized carbons (Fsp3) is 0.353. The minimum Gasteiger partial charge on any atom is -0.467 e. The predicted molar refractivity (Wildman–Crippen MR) is 90.5 cm³/mol. The molecule has 1 N–H and O–H groups in total. The van der Waals surface area contributed by atoms with Crippen LogP contribution in [0, 0.1) is 11.7 Å². The molecule has 136 valence electrons. The van der Waals surface area contributed by atoms with Crippen molar-refractivity contribution < 1.29 is 22.0 Å². The summed E-state index contributed by atoms with van der Waals surface area (Å²) in [5.41, 5.74) is 0. The number of halogens is 1. The van der Waals surface area contributed by atoms with E-state index in [0.29, 0.717) is 5.76 Å². The number of carbonyl (C=O) groups is 1. The molecule has 1 aromatic heterocycles. The second-order valence-corrected chi connectivity index (χ2v) is 7.73. The molecule has 0 unspecified atom stereocenters. The van der Waals surface area contributed by atoms with Crippen molar-refractivity contribution in [1.29, 1.82) is 0 Å². The summed E-state index contributed by atoms with van der Waals surface area (Å²) in [5, 5.41) is 0. The van der Waals surface area contributed by atoms with Crippen molar-refractivity contribution in [3.63, 3.8) is 0 Å². The minimum absolute atomic E-state index is 0.205. The first-order valence-electron chi connectivity index (χ1n) is 7.76. The summed E-state index contributed by atoms with van der Waals surface area (Å²) in [5.74, 6) is -1.04. The topological polar surface area (TPSA) is 79.6 Å². The van der Waals surface area contributed by atoms with Gasteiger partial charge in [0.1, 0.15) is 22.5 Å². The molecular weight excluding hydrogens is 347 g/mol. The van der Waals surface area contributed by atoms with Crippen LogP contribution >= 0.6 is 0 Å². The van der Waals surface area contributed by atoms with Crippen LogP contribution in [0.1, 0.15) is 19.6 Å². The highest BCUT2D eigenvalue weighted by Gasteiger charge is 2.31. The summed E-state index contributed by atoms with van der Waals surface area (Å²) in [7, 11) is -2.62. The molecule has 0 fully saturated rings. The Balaban J connectivity index is 2.20. The van der Waals surface area contributed by atoms with E-state index in [2.05, 4.69) is 4.72 Å². The molecule has 1 atom stereocenters. The molecule has 1 amide bonds. The Morgan fingerprint density at radius 2 is 1.92 bits per heavy atom. The fourth-order valence-corrected chi connectivity index (χ4v) is 3.73. The average molecular weight is 368 g/mol. The quantitative estimate of drug-likeness (QED) is 0.814. The third-order valence-electron chi connectivity index (χ3n) is 3.69. The number of furan rings is 1. The summed E-state index contributed by atoms with van der Waals surface area (Å²) < 4.78 is 46.3.